The van der Waals surface area contributed by atoms with Crippen LogP contribution in [0.2, 0.25) is 0 Å². The monoisotopic (exact) mass is 260 g/mol. The van der Waals surface area contributed by atoms with Crippen LogP contribution in [-0.4, -0.2) is 29.1 Å². The lowest BCUT2D eigenvalue weighted by Crippen LogP contribution is -2.31. The second kappa shape index (κ2) is 6.10. The molecule has 0 fully saturated rings. The van der Waals surface area contributed by atoms with E-state index in [9.17, 15) is 4.79 Å². The van der Waals surface area contributed by atoms with Gasteiger partial charge in [0.2, 0.25) is 0 Å². The van der Waals surface area contributed by atoms with Crippen LogP contribution in [0.15, 0.2) is 35.1 Å². The maximum absolute atomic E-state index is 11.8. The van der Waals surface area contributed by atoms with Crippen molar-refractivity contribution in [3.63, 3.8) is 0 Å². The SMILES string of the molecule is CC(CN)CNC(=O)c1cc(-c2cccnc2)on1. The Bertz CT molecular complexity index is 539. The first-order chi connectivity index (χ1) is 9.20. The second-order valence-corrected chi connectivity index (χ2v) is 4.37. The Hall–Kier alpha value is -2.21. The van der Waals surface area contributed by atoms with E-state index in [-0.39, 0.29) is 17.5 Å². The van der Waals surface area contributed by atoms with Crippen molar-refractivity contribution in [3.8, 4) is 11.3 Å². The van der Waals surface area contributed by atoms with Gasteiger partial charge in [0.15, 0.2) is 11.5 Å². The van der Waals surface area contributed by atoms with E-state index in [0.29, 0.717) is 18.8 Å². The minimum absolute atomic E-state index is 0.230. The average molecular weight is 260 g/mol. The summed E-state index contributed by atoms with van der Waals surface area (Å²) in [5.74, 6) is 0.484. The van der Waals surface area contributed by atoms with Gasteiger partial charge in [-0.15, -0.1) is 0 Å². The van der Waals surface area contributed by atoms with Gasteiger partial charge in [0.25, 0.3) is 5.91 Å². The summed E-state index contributed by atoms with van der Waals surface area (Å²) < 4.78 is 5.13. The molecule has 0 aliphatic carbocycles. The molecule has 0 saturated carbocycles. The summed E-state index contributed by atoms with van der Waals surface area (Å²) in [5.41, 5.74) is 6.52. The molecule has 0 saturated heterocycles. The molecule has 6 heteroatoms. The van der Waals surface area contributed by atoms with E-state index in [4.69, 9.17) is 10.3 Å². The highest BCUT2D eigenvalue weighted by Gasteiger charge is 2.14. The van der Waals surface area contributed by atoms with Gasteiger partial charge >= 0.3 is 0 Å². The Balaban J connectivity index is 2.03. The molecule has 2 rings (SSSR count). The average Bonchev–Trinajstić information content (AvgIpc) is 2.95. The minimum Gasteiger partial charge on any atom is -0.355 e. The molecule has 2 aromatic heterocycles. The van der Waals surface area contributed by atoms with Gasteiger partial charge in [0.05, 0.1) is 0 Å². The van der Waals surface area contributed by atoms with Crippen molar-refractivity contribution in [1.82, 2.24) is 15.5 Å². The van der Waals surface area contributed by atoms with Crippen LogP contribution in [0.5, 0.6) is 0 Å². The normalized spacial score (nSPS) is 12.1. The number of aromatic nitrogens is 2. The van der Waals surface area contributed by atoms with Gasteiger partial charge in [-0.3, -0.25) is 9.78 Å². The van der Waals surface area contributed by atoms with Crippen LogP contribution in [0, 0.1) is 5.92 Å². The maximum atomic E-state index is 11.8. The molecule has 1 atom stereocenters. The van der Waals surface area contributed by atoms with E-state index in [1.165, 1.54) is 0 Å². The number of nitrogens with one attached hydrogen (secondary N) is 1. The summed E-state index contributed by atoms with van der Waals surface area (Å²) in [6, 6.07) is 5.23. The Morgan fingerprint density at radius 1 is 1.58 bits per heavy atom. The van der Waals surface area contributed by atoms with Crippen LogP contribution < -0.4 is 11.1 Å². The van der Waals surface area contributed by atoms with Crippen LogP contribution in [0.3, 0.4) is 0 Å². The molecule has 1 amide bonds. The summed E-state index contributed by atoms with van der Waals surface area (Å²) in [6.45, 7) is 3.01. The number of rotatable bonds is 5. The predicted octanol–water partition coefficient (Wildman–Crippen LogP) is 1.06. The summed E-state index contributed by atoms with van der Waals surface area (Å²) in [5, 5.41) is 6.51. The topological polar surface area (TPSA) is 94.0 Å². The van der Waals surface area contributed by atoms with Gasteiger partial charge in [0, 0.05) is 30.6 Å². The fourth-order valence-electron chi connectivity index (χ4n) is 1.47. The van der Waals surface area contributed by atoms with Crippen molar-refractivity contribution < 1.29 is 9.32 Å². The summed E-state index contributed by atoms with van der Waals surface area (Å²) in [6.07, 6.45) is 3.32. The number of carbonyl (C=O) groups is 1. The summed E-state index contributed by atoms with van der Waals surface area (Å²) in [7, 11) is 0. The highest BCUT2D eigenvalue weighted by molar-refractivity contribution is 5.93. The van der Waals surface area contributed by atoms with Crippen molar-refractivity contribution in [2.24, 2.45) is 11.7 Å². The number of nitrogens with zero attached hydrogens (tertiary/aromatic N) is 2. The molecule has 19 heavy (non-hydrogen) atoms. The van der Waals surface area contributed by atoms with E-state index >= 15 is 0 Å². The predicted molar refractivity (Wildman–Crippen MR) is 70.3 cm³/mol. The first-order valence-corrected chi connectivity index (χ1v) is 6.06. The molecule has 2 aromatic rings. The van der Waals surface area contributed by atoms with Crippen molar-refractivity contribution in [1.29, 1.82) is 0 Å². The maximum Gasteiger partial charge on any atom is 0.273 e. The zero-order valence-corrected chi connectivity index (χ0v) is 10.7. The number of hydrogen-bond donors (Lipinski definition) is 2. The number of carbonyl (C=O) groups excluding carboxylic acids is 1. The summed E-state index contributed by atoms with van der Waals surface area (Å²) >= 11 is 0. The largest absolute Gasteiger partial charge is 0.355 e. The molecule has 0 radical (unpaired) electrons. The molecule has 0 bridgehead atoms. The van der Waals surface area contributed by atoms with Gasteiger partial charge < -0.3 is 15.6 Å². The smallest absolute Gasteiger partial charge is 0.273 e. The third-order valence-electron chi connectivity index (χ3n) is 2.70. The molecular formula is C13H16N4O2. The van der Waals surface area contributed by atoms with Gasteiger partial charge in [-0.25, -0.2) is 0 Å². The Morgan fingerprint density at radius 2 is 2.42 bits per heavy atom. The fourth-order valence-corrected chi connectivity index (χ4v) is 1.47. The first kappa shape index (κ1) is 13.2. The number of amides is 1. The lowest BCUT2D eigenvalue weighted by molar-refractivity contribution is 0.0939. The zero-order valence-electron chi connectivity index (χ0n) is 10.7. The molecule has 3 N–H and O–H groups in total. The third-order valence-corrected chi connectivity index (χ3v) is 2.70. The van der Waals surface area contributed by atoms with Crippen molar-refractivity contribution in [3.05, 3.63) is 36.3 Å². The van der Waals surface area contributed by atoms with Crippen LogP contribution in [0.1, 0.15) is 17.4 Å². The fraction of sp³-hybridized carbons (Fsp3) is 0.308. The van der Waals surface area contributed by atoms with Crippen LogP contribution in [0.25, 0.3) is 11.3 Å². The quantitative estimate of drug-likeness (QED) is 0.838. The Labute approximate surface area is 111 Å². The Morgan fingerprint density at radius 3 is 3.11 bits per heavy atom. The number of nitrogens with two attached hydrogens (primary N) is 1. The molecule has 2 heterocycles. The van der Waals surface area contributed by atoms with E-state index < -0.39 is 0 Å². The molecular weight excluding hydrogens is 244 g/mol. The van der Waals surface area contributed by atoms with E-state index in [2.05, 4.69) is 15.5 Å². The molecule has 0 aliphatic heterocycles. The zero-order chi connectivity index (χ0) is 13.7. The standard InChI is InChI=1S/C13H16N4O2/c1-9(6-14)7-16-13(18)11-5-12(19-17-11)10-3-2-4-15-8-10/h2-5,8-9H,6-7,14H2,1H3,(H,16,18). The molecule has 100 valence electrons. The number of pyridine rings is 1. The highest BCUT2D eigenvalue weighted by Crippen LogP contribution is 2.18. The summed E-state index contributed by atoms with van der Waals surface area (Å²) in [4.78, 5) is 15.8. The van der Waals surface area contributed by atoms with Crippen LogP contribution in [-0.2, 0) is 0 Å². The van der Waals surface area contributed by atoms with Crippen LogP contribution >= 0.6 is 0 Å². The van der Waals surface area contributed by atoms with Crippen molar-refractivity contribution in [2.75, 3.05) is 13.1 Å². The molecule has 6 nitrogen and oxygen atoms in total. The lowest BCUT2D eigenvalue weighted by Gasteiger charge is -2.08. The van der Waals surface area contributed by atoms with Gasteiger partial charge in [-0.1, -0.05) is 12.1 Å². The molecule has 0 aromatic carbocycles. The van der Waals surface area contributed by atoms with E-state index in [1.807, 2.05) is 13.0 Å². The molecule has 1 unspecified atom stereocenters. The first-order valence-electron chi connectivity index (χ1n) is 6.06. The van der Waals surface area contributed by atoms with Gasteiger partial charge in [-0.2, -0.15) is 0 Å². The highest BCUT2D eigenvalue weighted by atomic mass is 16.5. The van der Waals surface area contributed by atoms with E-state index in [1.54, 1.807) is 24.5 Å². The Kier molecular flexibility index (Phi) is 4.25. The lowest BCUT2D eigenvalue weighted by atomic mass is 10.2. The number of hydrogen-bond acceptors (Lipinski definition) is 5. The van der Waals surface area contributed by atoms with Crippen molar-refractivity contribution >= 4 is 5.91 Å². The second-order valence-electron chi connectivity index (χ2n) is 4.37. The van der Waals surface area contributed by atoms with Gasteiger partial charge in [0.1, 0.15) is 0 Å². The molecule has 0 spiro atoms. The van der Waals surface area contributed by atoms with Gasteiger partial charge in [-0.05, 0) is 24.6 Å². The van der Waals surface area contributed by atoms with E-state index in [0.717, 1.165) is 5.56 Å². The van der Waals surface area contributed by atoms with Crippen LogP contribution in [0.4, 0.5) is 0 Å². The minimum atomic E-state index is -0.265. The van der Waals surface area contributed by atoms with Crippen molar-refractivity contribution in [2.45, 2.75) is 6.92 Å². The molecule has 0 aliphatic rings. The third kappa shape index (κ3) is 3.38.